The summed E-state index contributed by atoms with van der Waals surface area (Å²) in [6.07, 6.45) is 0. The average molecular weight is 270 g/mol. The molecule has 100 valence electrons. The van der Waals surface area contributed by atoms with Gasteiger partial charge in [-0.25, -0.2) is 0 Å². The summed E-state index contributed by atoms with van der Waals surface area (Å²) < 4.78 is 0. The van der Waals surface area contributed by atoms with Gasteiger partial charge in [0.2, 0.25) is 5.78 Å². The van der Waals surface area contributed by atoms with Crippen LogP contribution < -0.4 is 0 Å². The van der Waals surface area contributed by atoms with Crippen LogP contribution in [0.2, 0.25) is 0 Å². The van der Waals surface area contributed by atoms with Crippen molar-refractivity contribution in [3.05, 3.63) is 58.1 Å². The number of rotatable bonds is 1. The molecule has 0 amide bonds. The van der Waals surface area contributed by atoms with Gasteiger partial charge in [0.05, 0.1) is 17.7 Å². The van der Waals surface area contributed by atoms with Gasteiger partial charge >= 0.3 is 0 Å². The Labute approximate surface area is 113 Å². The third-order valence-corrected chi connectivity index (χ3v) is 3.41. The molecular formula is C15H10O5. The summed E-state index contributed by atoms with van der Waals surface area (Å²) in [5.74, 6) is -1.77. The Hall–Kier alpha value is -2.66. The Morgan fingerprint density at radius 3 is 2.20 bits per heavy atom. The Morgan fingerprint density at radius 2 is 1.50 bits per heavy atom. The lowest BCUT2D eigenvalue weighted by Gasteiger charge is -2.21. The minimum atomic E-state index is -0.625. The van der Waals surface area contributed by atoms with Crippen molar-refractivity contribution >= 4 is 11.6 Å². The molecule has 5 heteroatoms. The normalized spacial score (nSPS) is 13.1. The predicted molar refractivity (Wildman–Crippen MR) is 69.0 cm³/mol. The fourth-order valence-electron chi connectivity index (χ4n) is 2.48. The van der Waals surface area contributed by atoms with Crippen LogP contribution >= 0.6 is 0 Å². The quantitative estimate of drug-likeness (QED) is 0.620. The number of hydrogen-bond donors (Lipinski definition) is 3. The van der Waals surface area contributed by atoms with Crippen molar-refractivity contribution < 1.29 is 24.9 Å². The fraction of sp³-hybridized carbons (Fsp3) is 0.0667. The predicted octanol–water partition coefficient (Wildman–Crippen LogP) is 1.37. The van der Waals surface area contributed by atoms with Crippen molar-refractivity contribution in [2.24, 2.45) is 0 Å². The van der Waals surface area contributed by atoms with Gasteiger partial charge in [-0.2, -0.15) is 0 Å². The molecule has 2 aromatic carbocycles. The smallest absolute Gasteiger partial charge is 0.201 e. The molecular weight excluding hydrogens is 260 g/mol. The van der Waals surface area contributed by atoms with E-state index in [1.807, 2.05) is 0 Å². The number of carbonyl (C=O) groups excluding carboxylic acids is 2. The third-order valence-electron chi connectivity index (χ3n) is 3.41. The number of ketones is 2. The maximum absolute atomic E-state index is 12.5. The van der Waals surface area contributed by atoms with Gasteiger partial charge in [-0.15, -0.1) is 0 Å². The van der Waals surface area contributed by atoms with Crippen molar-refractivity contribution in [1.29, 1.82) is 0 Å². The number of benzene rings is 2. The molecule has 0 fully saturated rings. The number of carbonyl (C=O) groups is 2. The van der Waals surface area contributed by atoms with Crippen LogP contribution in [0, 0.1) is 0 Å². The molecule has 0 radical (unpaired) electrons. The lowest BCUT2D eigenvalue weighted by atomic mass is 9.81. The van der Waals surface area contributed by atoms with Gasteiger partial charge in [-0.05, 0) is 17.7 Å². The standard InChI is InChI=1S/C15H10O5/c16-6-7-4-5-10(18)13-11(7)14(19)8-2-1-3-9(17)12(8)15(13)20/h1-5,16-18H,6H2. The summed E-state index contributed by atoms with van der Waals surface area (Å²) in [5, 5.41) is 28.9. The lowest BCUT2D eigenvalue weighted by molar-refractivity contribution is 0.0972. The highest BCUT2D eigenvalue weighted by atomic mass is 16.3. The van der Waals surface area contributed by atoms with Crippen LogP contribution in [0.15, 0.2) is 30.3 Å². The average Bonchev–Trinajstić information content (AvgIpc) is 2.44. The summed E-state index contributed by atoms with van der Waals surface area (Å²) in [7, 11) is 0. The van der Waals surface area contributed by atoms with Gasteiger partial charge in [0.25, 0.3) is 0 Å². The maximum atomic E-state index is 12.5. The SMILES string of the molecule is O=C1c2c(O)cccc2C(=O)c2c(CO)ccc(O)c21. The van der Waals surface area contributed by atoms with Gasteiger partial charge in [0.1, 0.15) is 11.5 Å². The van der Waals surface area contributed by atoms with Crippen LogP contribution in [-0.4, -0.2) is 26.9 Å². The molecule has 0 spiro atoms. The molecule has 5 nitrogen and oxygen atoms in total. The number of aliphatic hydroxyl groups is 1. The fourth-order valence-corrected chi connectivity index (χ4v) is 2.48. The van der Waals surface area contributed by atoms with Crippen molar-refractivity contribution in [2.75, 3.05) is 0 Å². The zero-order chi connectivity index (χ0) is 14.4. The highest BCUT2D eigenvalue weighted by Gasteiger charge is 2.35. The Kier molecular flexibility index (Phi) is 2.59. The third kappa shape index (κ3) is 1.47. The zero-order valence-corrected chi connectivity index (χ0v) is 10.3. The van der Waals surface area contributed by atoms with Crippen molar-refractivity contribution in [2.45, 2.75) is 6.61 Å². The minimum Gasteiger partial charge on any atom is -0.507 e. The molecule has 2 aromatic rings. The molecule has 0 bridgehead atoms. The second-order valence-electron chi connectivity index (χ2n) is 4.51. The molecule has 0 heterocycles. The molecule has 0 aliphatic heterocycles. The van der Waals surface area contributed by atoms with E-state index in [9.17, 15) is 24.9 Å². The minimum absolute atomic E-state index is 0.00407. The molecule has 0 unspecified atom stereocenters. The Bertz CT molecular complexity index is 761. The first-order valence-corrected chi connectivity index (χ1v) is 5.93. The summed E-state index contributed by atoms with van der Waals surface area (Å²) in [6.45, 7) is -0.421. The van der Waals surface area contributed by atoms with E-state index in [1.165, 1.54) is 30.3 Å². The summed E-state index contributed by atoms with van der Waals surface area (Å²) in [5.41, 5.74) is 0.0504. The number of fused-ring (bicyclic) bond motifs is 2. The first-order valence-electron chi connectivity index (χ1n) is 5.93. The maximum Gasteiger partial charge on any atom is 0.201 e. The molecule has 3 N–H and O–H groups in total. The van der Waals surface area contributed by atoms with Crippen molar-refractivity contribution in [3.8, 4) is 11.5 Å². The van der Waals surface area contributed by atoms with Crippen LogP contribution in [-0.2, 0) is 6.61 Å². The highest BCUT2D eigenvalue weighted by molar-refractivity contribution is 6.30. The largest absolute Gasteiger partial charge is 0.507 e. The Morgan fingerprint density at radius 1 is 0.800 bits per heavy atom. The molecule has 20 heavy (non-hydrogen) atoms. The second kappa shape index (κ2) is 4.18. The topological polar surface area (TPSA) is 94.8 Å². The second-order valence-corrected chi connectivity index (χ2v) is 4.51. The van der Waals surface area contributed by atoms with Gasteiger partial charge < -0.3 is 15.3 Å². The van der Waals surface area contributed by atoms with E-state index < -0.39 is 18.2 Å². The van der Waals surface area contributed by atoms with Crippen LogP contribution in [0.25, 0.3) is 0 Å². The molecule has 3 rings (SSSR count). The number of phenolic OH excluding ortho intramolecular Hbond substituents is 2. The van der Waals surface area contributed by atoms with E-state index in [1.54, 1.807) is 0 Å². The van der Waals surface area contributed by atoms with E-state index in [2.05, 4.69) is 0 Å². The van der Waals surface area contributed by atoms with Crippen molar-refractivity contribution in [3.63, 3.8) is 0 Å². The van der Waals surface area contributed by atoms with E-state index in [4.69, 9.17) is 0 Å². The van der Waals surface area contributed by atoms with Crippen molar-refractivity contribution in [1.82, 2.24) is 0 Å². The number of aromatic hydroxyl groups is 2. The van der Waals surface area contributed by atoms with E-state index >= 15 is 0 Å². The number of hydrogen-bond acceptors (Lipinski definition) is 5. The highest BCUT2D eigenvalue weighted by Crippen LogP contribution is 2.37. The monoisotopic (exact) mass is 270 g/mol. The van der Waals surface area contributed by atoms with Gasteiger partial charge in [-0.1, -0.05) is 18.2 Å². The molecule has 1 aliphatic carbocycles. The van der Waals surface area contributed by atoms with Gasteiger partial charge in [0.15, 0.2) is 5.78 Å². The molecule has 0 atom stereocenters. The Balaban J connectivity index is 2.41. The molecule has 1 aliphatic rings. The number of aliphatic hydroxyl groups excluding tert-OH is 1. The lowest BCUT2D eigenvalue weighted by Crippen LogP contribution is -2.23. The molecule has 0 aromatic heterocycles. The van der Waals surface area contributed by atoms with Gasteiger partial charge in [0, 0.05) is 11.1 Å². The van der Waals surface area contributed by atoms with Crippen LogP contribution in [0.3, 0.4) is 0 Å². The van der Waals surface area contributed by atoms with E-state index in [0.717, 1.165) is 0 Å². The van der Waals surface area contributed by atoms with E-state index in [0.29, 0.717) is 0 Å². The molecule has 0 saturated heterocycles. The summed E-state index contributed by atoms with van der Waals surface area (Å²) >= 11 is 0. The van der Waals surface area contributed by atoms with Crippen LogP contribution in [0.5, 0.6) is 11.5 Å². The number of phenols is 2. The van der Waals surface area contributed by atoms with Crippen LogP contribution in [0.4, 0.5) is 0 Å². The summed E-state index contributed by atoms with van der Waals surface area (Å²) in [6, 6.07) is 6.85. The zero-order valence-electron chi connectivity index (χ0n) is 10.3. The molecule has 0 saturated carbocycles. The first kappa shape index (κ1) is 12.4. The van der Waals surface area contributed by atoms with Gasteiger partial charge in [-0.3, -0.25) is 9.59 Å². The van der Waals surface area contributed by atoms with E-state index in [-0.39, 0.29) is 39.3 Å². The van der Waals surface area contributed by atoms with Crippen LogP contribution in [0.1, 0.15) is 37.4 Å². The summed E-state index contributed by atoms with van der Waals surface area (Å²) in [4.78, 5) is 24.9. The first-order chi connectivity index (χ1) is 9.56.